The average molecular weight is 258 g/mol. The fourth-order valence-corrected chi connectivity index (χ4v) is 2.77. The van der Waals surface area contributed by atoms with Crippen LogP contribution in [0.1, 0.15) is 30.5 Å². The molecule has 1 aliphatic carbocycles. The Balaban J connectivity index is 2.23. The lowest BCUT2D eigenvalue weighted by Gasteiger charge is -2.49. The largest absolute Gasteiger partial charge is 0.357 e. The van der Waals surface area contributed by atoms with E-state index in [1.54, 1.807) is 0 Å². The van der Waals surface area contributed by atoms with Crippen molar-refractivity contribution in [1.82, 2.24) is 9.88 Å². The van der Waals surface area contributed by atoms with Gasteiger partial charge in [-0.05, 0) is 52.4 Å². The zero-order chi connectivity index (χ0) is 14.0. The maximum atomic E-state index is 9.21. The minimum absolute atomic E-state index is 0.243. The number of aromatic nitrogens is 1. The lowest BCUT2D eigenvalue weighted by Crippen LogP contribution is -2.57. The highest BCUT2D eigenvalue weighted by Gasteiger charge is 2.40. The fourth-order valence-electron chi connectivity index (χ4n) is 2.77. The number of nitrogens with zero attached hydrogens (tertiary/aromatic N) is 4. The van der Waals surface area contributed by atoms with E-state index in [4.69, 9.17) is 0 Å². The van der Waals surface area contributed by atoms with E-state index in [9.17, 15) is 5.26 Å². The van der Waals surface area contributed by atoms with E-state index in [0.717, 1.165) is 18.1 Å². The highest BCUT2D eigenvalue weighted by atomic mass is 15.2. The van der Waals surface area contributed by atoms with Gasteiger partial charge in [0, 0.05) is 24.8 Å². The third kappa shape index (κ3) is 2.57. The summed E-state index contributed by atoms with van der Waals surface area (Å²) < 4.78 is 0. The number of hydrogen-bond acceptors (Lipinski definition) is 4. The number of aryl methyl sites for hydroxylation is 1. The van der Waals surface area contributed by atoms with Gasteiger partial charge in [0.1, 0.15) is 11.9 Å². The zero-order valence-electron chi connectivity index (χ0n) is 12.3. The van der Waals surface area contributed by atoms with Crippen LogP contribution in [0.2, 0.25) is 0 Å². The molecule has 2 rings (SSSR count). The van der Waals surface area contributed by atoms with Crippen molar-refractivity contribution in [3.8, 4) is 6.07 Å². The summed E-state index contributed by atoms with van der Waals surface area (Å²) in [6.45, 7) is 2.88. The van der Waals surface area contributed by atoms with Crippen molar-refractivity contribution < 1.29 is 0 Å². The number of rotatable bonds is 4. The lowest BCUT2D eigenvalue weighted by molar-refractivity contribution is 0.0681. The van der Waals surface area contributed by atoms with Crippen molar-refractivity contribution in [2.24, 2.45) is 0 Å². The minimum atomic E-state index is 0.243. The molecule has 4 heteroatoms. The van der Waals surface area contributed by atoms with Crippen LogP contribution in [0, 0.1) is 18.3 Å². The second-order valence-electron chi connectivity index (χ2n) is 5.76. The molecule has 0 atom stereocenters. The summed E-state index contributed by atoms with van der Waals surface area (Å²) in [4.78, 5) is 8.97. The van der Waals surface area contributed by atoms with E-state index in [0.29, 0.717) is 5.56 Å². The molecule has 0 saturated heterocycles. The molecule has 0 unspecified atom stereocenters. The van der Waals surface area contributed by atoms with Gasteiger partial charge in [-0.25, -0.2) is 4.98 Å². The van der Waals surface area contributed by atoms with Crippen molar-refractivity contribution in [1.29, 1.82) is 5.26 Å². The third-order valence-corrected chi connectivity index (χ3v) is 4.26. The number of pyridine rings is 1. The molecule has 1 aromatic rings. The van der Waals surface area contributed by atoms with E-state index < -0.39 is 0 Å². The highest BCUT2D eigenvalue weighted by molar-refractivity contribution is 5.54. The molecule has 1 aromatic heterocycles. The molecule has 0 bridgehead atoms. The van der Waals surface area contributed by atoms with Crippen LogP contribution in [-0.4, -0.2) is 43.1 Å². The molecule has 0 aromatic carbocycles. The molecule has 1 saturated carbocycles. The first kappa shape index (κ1) is 13.8. The number of nitriles is 1. The smallest absolute Gasteiger partial charge is 0.146 e. The third-order valence-electron chi connectivity index (χ3n) is 4.26. The molecule has 1 aliphatic rings. The van der Waals surface area contributed by atoms with Gasteiger partial charge >= 0.3 is 0 Å². The highest BCUT2D eigenvalue weighted by Crippen LogP contribution is 2.37. The second kappa shape index (κ2) is 5.18. The van der Waals surface area contributed by atoms with E-state index in [1.165, 1.54) is 19.3 Å². The van der Waals surface area contributed by atoms with E-state index in [1.807, 2.05) is 26.1 Å². The summed E-state index contributed by atoms with van der Waals surface area (Å²) in [6, 6.07) is 5.99. The van der Waals surface area contributed by atoms with E-state index >= 15 is 0 Å². The average Bonchev–Trinajstić information content (AvgIpc) is 2.33. The van der Waals surface area contributed by atoms with Crippen LogP contribution in [0.4, 0.5) is 5.82 Å². The van der Waals surface area contributed by atoms with Crippen LogP contribution in [-0.2, 0) is 0 Å². The van der Waals surface area contributed by atoms with Gasteiger partial charge in [0.05, 0.1) is 5.56 Å². The lowest BCUT2D eigenvalue weighted by atomic mass is 9.75. The van der Waals surface area contributed by atoms with E-state index in [2.05, 4.69) is 34.9 Å². The Bertz CT molecular complexity index is 497. The van der Waals surface area contributed by atoms with Gasteiger partial charge < -0.3 is 9.80 Å². The Labute approximate surface area is 115 Å². The normalized spacial score (nSPS) is 16.8. The van der Waals surface area contributed by atoms with Crippen molar-refractivity contribution in [2.45, 2.75) is 31.7 Å². The van der Waals surface area contributed by atoms with Gasteiger partial charge in [-0.15, -0.1) is 0 Å². The molecule has 0 amide bonds. The van der Waals surface area contributed by atoms with Gasteiger partial charge in [0.2, 0.25) is 0 Å². The Kier molecular flexibility index (Phi) is 3.77. The standard InChI is InChI=1S/C15H22N4/c1-12-6-7-13(10-16)14(17-12)19(4)11-15(18(2)3)8-5-9-15/h6-7H,5,8-9,11H2,1-4H3. The molecule has 0 radical (unpaired) electrons. The molecule has 1 heterocycles. The number of anilines is 1. The van der Waals surface area contributed by atoms with Crippen molar-refractivity contribution in [3.63, 3.8) is 0 Å². The van der Waals surface area contributed by atoms with Crippen LogP contribution >= 0.6 is 0 Å². The molecule has 19 heavy (non-hydrogen) atoms. The predicted molar refractivity (Wildman–Crippen MR) is 77.2 cm³/mol. The Morgan fingerprint density at radius 3 is 2.47 bits per heavy atom. The van der Waals surface area contributed by atoms with Gasteiger partial charge in [-0.3, -0.25) is 0 Å². The Hall–Kier alpha value is -1.60. The van der Waals surface area contributed by atoms with Gasteiger partial charge in [0.15, 0.2) is 0 Å². The SMILES string of the molecule is Cc1ccc(C#N)c(N(C)CC2(N(C)C)CCC2)n1. The summed E-state index contributed by atoms with van der Waals surface area (Å²) in [5.74, 6) is 0.802. The Morgan fingerprint density at radius 1 is 1.32 bits per heavy atom. The summed E-state index contributed by atoms with van der Waals surface area (Å²) >= 11 is 0. The maximum Gasteiger partial charge on any atom is 0.146 e. The van der Waals surface area contributed by atoms with Gasteiger partial charge in [-0.2, -0.15) is 5.26 Å². The Morgan fingerprint density at radius 2 is 2.00 bits per heavy atom. The summed E-state index contributed by atoms with van der Waals surface area (Å²) in [6.07, 6.45) is 3.73. The fraction of sp³-hybridized carbons (Fsp3) is 0.600. The summed E-state index contributed by atoms with van der Waals surface area (Å²) in [5, 5.41) is 9.21. The van der Waals surface area contributed by atoms with E-state index in [-0.39, 0.29) is 5.54 Å². The molecule has 4 nitrogen and oxygen atoms in total. The molecule has 0 spiro atoms. The molecular formula is C15H22N4. The van der Waals surface area contributed by atoms with Crippen molar-refractivity contribution >= 4 is 5.82 Å². The summed E-state index contributed by atoms with van der Waals surface area (Å²) in [7, 11) is 6.32. The predicted octanol–water partition coefficient (Wildman–Crippen LogP) is 2.18. The van der Waals surface area contributed by atoms with Crippen molar-refractivity contribution in [3.05, 3.63) is 23.4 Å². The van der Waals surface area contributed by atoms with Gasteiger partial charge in [-0.1, -0.05) is 0 Å². The van der Waals surface area contributed by atoms with Crippen LogP contribution in [0.3, 0.4) is 0 Å². The first-order valence-corrected chi connectivity index (χ1v) is 6.75. The molecule has 0 N–H and O–H groups in total. The molecule has 1 fully saturated rings. The monoisotopic (exact) mass is 258 g/mol. The van der Waals surface area contributed by atoms with Crippen LogP contribution in [0.5, 0.6) is 0 Å². The zero-order valence-corrected chi connectivity index (χ0v) is 12.3. The van der Waals surface area contributed by atoms with Gasteiger partial charge in [0.25, 0.3) is 0 Å². The summed E-state index contributed by atoms with van der Waals surface area (Å²) in [5.41, 5.74) is 1.85. The first-order chi connectivity index (χ1) is 8.98. The van der Waals surface area contributed by atoms with Crippen LogP contribution < -0.4 is 4.90 Å². The molecule has 0 aliphatic heterocycles. The molecular weight excluding hydrogens is 236 g/mol. The van der Waals surface area contributed by atoms with Crippen molar-refractivity contribution in [2.75, 3.05) is 32.6 Å². The first-order valence-electron chi connectivity index (χ1n) is 6.75. The maximum absolute atomic E-state index is 9.21. The molecule has 102 valence electrons. The van der Waals surface area contributed by atoms with Crippen LogP contribution in [0.25, 0.3) is 0 Å². The number of hydrogen-bond donors (Lipinski definition) is 0. The topological polar surface area (TPSA) is 43.2 Å². The number of likely N-dealkylation sites (N-methyl/N-ethyl adjacent to an activating group) is 2. The quantitative estimate of drug-likeness (QED) is 0.830. The second-order valence-corrected chi connectivity index (χ2v) is 5.76. The van der Waals surface area contributed by atoms with Crippen LogP contribution in [0.15, 0.2) is 12.1 Å². The minimum Gasteiger partial charge on any atom is -0.357 e.